The van der Waals surface area contributed by atoms with Gasteiger partial charge in [0.05, 0.1) is 40.7 Å². The van der Waals surface area contributed by atoms with Crippen molar-refractivity contribution in [3.63, 3.8) is 0 Å². The van der Waals surface area contributed by atoms with E-state index in [1.807, 2.05) is 32.3 Å². The first-order valence-electron chi connectivity index (χ1n) is 9.52. The van der Waals surface area contributed by atoms with E-state index in [9.17, 15) is 4.79 Å². The molecule has 0 saturated carbocycles. The van der Waals surface area contributed by atoms with E-state index < -0.39 is 0 Å². The molecule has 1 aliphatic heterocycles. The first-order chi connectivity index (χ1) is 13.6. The lowest BCUT2D eigenvalue weighted by molar-refractivity contribution is 0.452. The number of fused-ring (bicyclic) bond motifs is 2. The van der Waals surface area contributed by atoms with E-state index in [0.29, 0.717) is 23.0 Å². The van der Waals surface area contributed by atoms with Crippen molar-refractivity contribution in [2.45, 2.75) is 32.6 Å². The van der Waals surface area contributed by atoms with Crippen molar-refractivity contribution in [2.24, 2.45) is 0 Å². The van der Waals surface area contributed by atoms with Crippen LogP contribution < -0.4 is 10.9 Å². The zero-order chi connectivity index (χ0) is 19.3. The second kappa shape index (κ2) is 6.49. The Morgan fingerprint density at radius 2 is 1.89 bits per heavy atom. The molecule has 1 saturated heterocycles. The van der Waals surface area contributed by atoms with Crippen molar-refractivity contribution in [3.8, 4) is 11.4 Å². The molecule has 1 aliphatic rings. The number of rotatable bonds is 2. The lowest BCUT2D eigenvalue weighted by Crippen LogP contribution is -2.27. The molecule has 0 aliphatic carbocycles. The molecular weight excluding hydrogens is 354 g/mol. The minimum Gasteiger partial charge on any atom is -0.317 e. The highest BCUT2D eigenvalue weighted by Gasteiger charge is 2.18. The third kappa shape index (κ3) is 2.86. The summed E-state index contributed by atoms with van der Waals surface area (Å²) in [6.45, 7) is 5.85. The summed E-state index contributed by atoms with van der Waals surface area (Å²) in [5.74, 6) is 0.384. The van der Waals surface area contributed by atoms with Crippen molar-refractivity contribution < 1.29 is 0 Å². The van der Waals surface area contributed by atoms with Gasteiger partial charge in [-0.25, -0.2) is 9.50 Å². The highest BCUT2D eigenvalue weighted by molar-refractivity contribution is 5.65. The Hall–Kier alpha value is -3.13. The Morgan fingerprint density at radius 1 is 1.07 bits per heavy atom. The third-order valence-electron chi connectivity index (χ3n) is 5.35. The SMILES string of the molecule is Cc1cn2nc(-c3cc(=O)n4cc(C5CCNCC5)ncc4n3)cc2c(C)n1. The summed E-state index contributed by atoms with van der Waals surface area (Å²) in [4.78, 5) is 26.5. The van der Waals surface area contributed by atoms with Gasteiger partial charge < -0.3 is 5.32 Å². The van der Waals surface area contributed by atoms with Crippen LogP contribution in [0.5, 0.6) is 0 Å². The summed E-state index contributed by atoms with van der Waals surface area (Å²) in [6.07, 6.45) is 7.47. The molecule has 8 nitrogen and oxygen atoms in total. The van der Waals surface area contributed by atoms with Gasteiger partial charge in [0, 0.05) is 18.2 Å². The van der Waals surface area contributed by atoms with Crippen LogP contribution in [0.2, 0.25) is 0 Å². The van der Waals surface area contributed by atoms with Crippen LogP contribution in [-0.4, -0.2) is 42.1 Å². The Balaban J connectivity index is 1.60. The monoisotopic (exact) mass is 375 g/mol. The minimum absolute atomic E-state index is 0.124. The van der Waals surface area contributed by atoms with E-state index in [2.05, 4.69) is 25.4 Å². The summed E-state index contributed by atoms with van der Waals surface area (Å²) in [7, 11) is 0. The van der Waals surface area contributed by atoms with Gasteiger partial charge in [0.1, 0.15) is 5.69 Å². The van der Waals surface area contributed by atoms with E-state index >= 15 is 0 Å². The molecule has 142 valence electrons. The maximum absolute atomic E-state index is 12.8. The summed E-state index contributed by atoms with van der Waals surface area (Å²) >= 11 is 0. The second-order valence-corrected chi connectivity index (χ2v) is 7.37. The first-order valence-corrected chi connectivity index (χ1v) is 9.52. The highest BCUT2D eigenvalue weighted by atomic mass is 16.1. The molecular formula is C20H21N7O. The Kier molecular flexibility index (Phi) is 3.94. The maximum Gasteiger partial charge on any atom is 0.258 e. The largest absolute Gasteiger partial charge is 0.317 e. The van der Waals surface area contributed by atoms with E-state index in [1.165, 1.54) is 6.07 Å². The van der Waals surface area contributed by atoms with Crippen molar-refractivity contribution in [3.05, 3.63) is 58.2 Å². The fourth-order valence-electron chi connectivity index (χ4n) is 3.90. The van der Waals surface area contributed by atoms with Crippen LogP contribution in [0.4, 0.5) is 0 Å². The van der Waals surface area contributed by atoms with Crippen LogP contribution in [0.25, 0.3) is 22.6 Å². The lowest BCUT2D eigenvalue weighted by atomic mass is 9.95. The van der Waals surface area contributed by atoms with Gasteiger partial charge in [-0.3, -0.25) is 19.2 Å². The van der Waals surface area contributed by atoms with Crippen molar-refractivity contribution in [1.29, 1.82) is 0 Å². The van der Waals surface area contributed by atoms with Gasteiger partial charge in [0.25, 0.3) is 5.56 Å². The number of aromatic nitrogens is 6. The molecule has 0 atom stereocenters. The van der Waals surface area contributed by atoms with Crippen molar-refractivity contribution >= 4 is 11.2 Å². The third-order valence-corrected chi connectivity index (χ3v) is 5.35. The second-order valence-electron chi connectivity index (χ2n) is 7.37. The van der Waals surface area contributed by atoms with Crippen LogP contribution >= 0.6 is 0 Å². The topological polar surface area (TPSA) is 89.5 Å². The van der Waals surface area contributed by atoms with Crippen molar-refractivity contribution in [1.82, 2.24) is 34.3 Å². The molecule has 4 aromatic rings. The van der Waals surface area contributed by atoms with Gasteiger partial charge in [-0.05, 0) is 45.8 Å². The molecule has 4 aromatic heterocycles. The Labute approximate surface area is 161 Å². The molecule has 28 heavy (non-hydrogen) atoms. The van der Waals surface area contributed by atoms with Crippen molar-refractivity contribution in [2.75, 3.05) is 13.1 Å². The quantitative estimate of drug-likeness (QED) is 0.575. The Bertz CT molecular complexity index is 1250. The maximum atomic E-state index is 12.8. The van der Waals surface area contributed by atoms with Gasteiger partial charge in [-0.2, -0.15) is 5.10 Å². The van der Waals surface area contributed by atoms with Gasteiger partial charge in [0.2, 0.25) is 0 Å². The van der Waals surface area contributed by atoms with Gasteiger partial charge >= 0.3 is 0 Å². The molecule has 8 heteroatoms. The van der Waals surface area contributed by atoms with Gasteiger partial charge in [0.15, 0.2) is 5.65 Å². The van der Waals surface area contributed by atoms with E-state index in [-0.39, 0.29) is 5.56 Å². The number of hydrogen-bond acceptors (Lipinski definition) is 6. The summed E-state index contributed by atoms with van der Waals surface area (Å²) in [5.41, 5.74) is 5.24. The van der Waals surface area contributed by atoms with Crippen LogP contribution in [0.3, 0.4) is 0 Å². The fourth-order valence-corrected chi connectivity index (χ4v) is 3.90. The van der Waals surface area contributed by atoms with Crippen LogP contribution in [0.15, 0.2) is 35.5 Å². The number of nitrogens with zero attached hydrogens (tertiary/aromatic N) is 6. The van der Waals surface area contributed by atoms with E-state index in [0.717, 1.165) is 48.5 Å². The van der Waals surface area contributed by atoms with E-state index in [1.54, 1.807) is 15.1 Å². The molecule has 0 bridgehead atoms. The molecule has 0 unspecified atom stereocenters. The van der Waals surface area contributed by atoms with Gasteiger partial charge in [-0.1, -0.05) is 0 Å². The predicted molar refractivity (Wildman–Crippen MR) is 106 cm³/mol. The van der Waals surface area contributed by atoms with Crippen LogP contribution in [-0.2, 0) is 0 Å². The molecule has 5 heterocycles. The lowest BCUT2D eigenvalue weighted by Gasteiger charge is -2.22. The van der Waals surface area contributed by atoms with E-state index in [4.69, 9.17) is 0 Å². The molecule has 5 rings (SSSR count). The zero-order valence-corrected chi connectivity index (χ0v) is 15.9. The number of hydrogen-bond donors (Lipinski definition) is 1. The van der Waals surface area contributed by atoms with Crippen LogP contribution in [0.1, 0.15) is 35.8 Å². The molecule has 1 N–H and O–H groups in total. The highest BCUT2D eigenvalue weighted by Crippen LogP contribution is 2.24. The molecule has 1 fully saturated rings. The minimum atomic E-state index is -0.124. The molecule has 0 spiro atoms. The fraction of sp³-hybridized carbons (Fsp3) is 0.350. The summed E-state index contributed by atoms with van der Waals surface area (Å²) in [5, 5.41) is 7.94. The zero-order valence-electron chi connectivity index (χ0n) is 15.9. The normalized spacial score (nSPS) is 15.5. The summed E-state index contributed by atoms with van der Waals surface area (Å²) < 4.78 is 3.37. The molecule has 0 amide bonds. The Morgan fingerprint density at radius 3 is 2.71 bits per heavy atom. The number of aryl methyl sites for hydroxylation is 2. The average Bonchev–Trinajstić information content (AvgIpc) is 3.13. The first kappa shape index (κ1) is 17.0. The summed E-state index contributed by atoms with van der Waals surface area (Å²) in [6, 6.07) is 3.45. The molecule has 0 radical (unpaired) electrons. The predicted octanol–water partition coefficient (Wildman–Crippen LogP) is 1.88. The van der Waals surface area contributed by atoms with Gasteiger partial charge in [-0.15, -0.1) is 0 Å². The average molecular weight is 375 g/mol. The molecule has 0 aromatic carbocycles. The smallest absolute Gasteiger partial charge is 0.258 e. The standard InChI is InChI=1S/C20H21N7O/c1-12-10-27-18(13(2)23-12)7-16(25-27)15-8-20(28)26-11-17(22-9-19(26)24-15)14-3-5-21-6-4-14/h7-11,14,21H,3-6H2,1-2H3. The van der Waals surface area contributed by atoms with Crippen LogP contribution in [0, 0.1) is 13.8 Å². The number of nitrogens with one attached hydrogen (secondary N) is 1. The number of piperidine rings is 1.